The lowest BCUT2D eigenvalue weighted by atomic mass is 10.1. The number of rotatable bonds is 5. The van der Waals surface area contributed by atoms with Crippen molar-refractivity contribution in [2.75, 3.05) is 12.4 Å². The van der Waals surface area contributed by atoms with E-state index >= 15 is 0 Å². The number of hydrogen-bond donors (Lipinski definition) is 1. The molecule has 21 heavy (non-hydrogen) atoms. The quantitative estimate of drug-likeness (QED) is 0.819. The fourth-order valence-corrected chi connectivity index (χ4v) is 4.59. The summed E-state index contributed by atoms with van der Waals surface area (Å²) >= 11 is 0. The van der Waals surface area contributed by atoms with Crippen LogP contribution in [0.2, 0.25) is 0 Å². The Labute approximate surface area is 123 Å². The second-order valence-corrected chi connectivity index (χ2v) is 7.47. The number of carbonyl (C=O) groups is 1. The molecule has 2 rings (SSSR count). The molecule has 0 radical (unpaired) electrons. The highest BCUT2D eigenvalue weighted by Crippen LogP contribution is 2.55. The van der Waals surface area contributed by atoms with Crippen molar-refractivity contribution in [3.05, 3.63) is 35.6 Å². The molecule has 5 nitrogen and oxygen atoms in total. The van der Waals surface area contributed by atoms with Crippen molar-refractivity contribution in [1.29, 1.82) is 0 Å². The summed E-state index contributed by atoms with van der Waals surface area (Å²) in [6.07, 6.45) is 0. The van der Waals surface area contributed by atoms with E-state index in [9.17, 15) is 17.6 Å². The third kappa shape index (κ3) is 2.55. The minimum Gasteiger partial charge on any atom is -0.465 e. The standard InChI is InChI=1S/C14H18FNO4S/c1-3-20-13(17)14(16)11(12(14)21(18,19)4-2)9-5-7-10(15)8-6-9/h5-8,11-12H,3-4,16H2,1-2H3/t11-,12-,14-/m0/s1. The van der Waals surface area contributed by atoms with Gasteiger partial charge in [-0.3, -0.25) is 0 Å². The van der Waals surface area contributed by atoms with E-state index in [1.807, 2.05) is 0 Å². The van der Waals surface area contributed by atoms with Gasteiger partial charge in [0, 0.05) is 11.7 Å². The van der Waals surface area contributed by atoms with Gasteiger partial charge in [-0.1, -0.05) is 19.1 Å². The van der Waals surface area contributed by atoms with E-state index in [0.717, 1.165) is 0 Å². The topological polar surface area (TPSA) is 86.5 Å². The van der Waals surface area contributed by atoms with Crippen molar-refractivity contribution in [2.45, 2.75) is 30.6 Å². The van der Waals surface area contributed by atoms with Crippen LogP contribution in [-0.4, -0.2) is 37.5 Å². The normalized spacial score (nSPS) is 28.2. The van der Waals surface area contributed by atoms with Crippen LogP contribution in [0.1, 0.15) is 25.3 Å². The first-order chi connectivity index (χ1) is 9.79. The van der Waals surface area contributed by atoms with Crippen molar-refractivity contribution >= 4 is 15.8 Å². The predicted molar refractivity (Wildman–Crippen MR) is 75.9 cm³/mol. The number of carbonyl (C=O) groups excluding carboxylic acids is 1. The van der Waals surface area contributed by atoms with E-state index in [4.69, 9.17) is 10.5 Å². The van der Waals surface area contributed by atoms with Crippen LogP contribution in [0.15, 0.2) is 24.3 Å². The summed E-state index contributed by atoms with van der Waals surface area (Å²) in [4.78, 5) is 12.1. The summed E-state index contributed by atoms with van der Waals surface area (Å²) in [5.41, 5.74) is 4.98. The summed E-state index contributed by atoms with van der Waals surface area (Å²) in [6.45, 7) is 3.24. The molecule has 1 aromatic rings. The molecule has 0 aromatic heterocycles. The van der Waals surface area contributed by atoms with Crippen LogP contribution in [0.3, 0.4) is 0 Å². The van der Waals surface area contributed by atoms with Crippen LogP contribution >= 0.6 is 0 Å². The zero-order valence-corrected chi connectivity index (χ0v) is 12.7. The average Bonchev–Trinajstić information content (AvgIpc) is 3.09. The largest absolute Gasteiger partial charge is 0.465 e. The molecule has 0 bridgehead atoms. The Kier molecular flexibility index (Phi) is 4.08. The monoisotopic (exact) mass is 315 g/mol. The molecule has 1 aliphatic carbocycles. The maximum absolute atomic E-state index is 13.0. The van der Waals surface area contributed by atoms with Gasteiger partial charge in [0.15, 0.2) is 9.84 Å². The highest BCUT2D eigenvalue weighted by molar-refractivity contribution is 7.92. The maximum Gasteiger partial charge on any atom is 0.328 e. The van der Waals surface area contributed by atoms with E-state index in [2.05, 4.69) is 0 Å². The van der Waals surface area contributed by atoms with E-state index < -0.39 is 38.3 Å². The zero-order valence-electron chi connectivity index (χ0n) is 11.9. The van der Waals surface area contributed by atoms with Crippen LogP contribution in [0.5, 0.6) is 0 Å². The van der Waals surface area contributed by atoms with E-state index in [0.29, 0.717) is 5.56 Å². The predicted octanol–water partition coefficient (Wildman–Crippen LogP) is 0.987. The molecule has 7 heteroatoms. The van der Waals surface area contributed by atoms with Gasteiger partial charge in [-0.25, -0.2) is 17.6 Å². The summed E-state index contributed by atoms with van der Waals surface area (Å²) in [6, 6.07) is 5.34. The van der Waals surface area contributed by atoms with Crippen molar-refractivity contribution in [3.8, 4) is 0 Å². The lowest BCUT2D eigenvalue weighted by molar-refractivity contribution is -0.145. The molecule has 1 fully saturated rings. The number of halogens is 1. The van der Waals surface area contributed by atoms with Crippen molar-refractivity contribution < 1.29 is 22.3 Å². The van der Waals surface area contributed by atoms with Gasteiger partial charge in [-0.15, -0.1) is 0 Å². The number of nitrogens with two attached hydrogens (primary N) is 1. The smallest absolute Gasteiger partial charge is 0.328 e. The van der Waals surface area contributed by atoms with Gasteiger partial charge in [0.2, 0.25) is 0 Å². The average molecular weight is 315 g/mol. The van der Waals surface area contributed by atoms with Crippen LogP contribution < -0.4 is 5.73 Å². The molecule has 0 amide bonds. The molecular formula is C14H18FNO4S. The summed E-state index contributed by atoms with van der Waals surface area (Å²) < 4.78 is 42.3. The third-order valence-corrected chi connectivity index (χ3v) is 6.07. The molecule has 0 saturated heterocycles. The van der Waals surface area contributed by atoms with Crippen LogP contribution in [-0.2, 0) is 19.4 Å². The second kappa shape index (κ2) is 5.38. The van der Waals surface area contributed by atoms with Crippen molar-refractivity contribution in [1.82, 2.24) is 0 Å². The van der Waals surface area contributed by atoms with E-state index in [1.165, 1.54) is 31.2 Å². The molecule has 0 heterocycles. The van der Waals surface area contributed by atoms with Crippen LogP contribution in [0, 0.1) is 5.82 Å². The van der Waals surface area contributed by atoms with Gasteiger partial charge in [0.25, 0.3) is 0 Å². The molecule has 3 atom stereocenters. The molecular weight excluding hydrogens is 297 g/mol. The highest BCUT2D eigenvalue weighted by Gasteiger charge is 2.74. The van der Waals surface area contributed by atoms with Gasteiger partial charge in [0.05, 0.1) is 11.9 Å². The summed E-state index contributed by atoms with van der Waals surface area (Å²) in [7, 11) is -3.52. The molecule has 1 aliphatic rings. The Morgan fingerprint density at radius 3 is 2.38 bits per heavy atom. The Morgan fingerprint density at radius 1 is 1.33 bits per heavy atom. The first kappa shape index (κ1) is 15.9. The number of ether oxygens (including phenoxy) is 1. The Morgan fingerprint density at radius 2 is 1.90 bits per heavy atom. The summed E-state index contributed by atoms with van der Waals surface area (Å²) in [5, 5.41) is -1.03. The molecule has 0 unspecified atom stereocenters. The SMILES string of the molecule is CCOC(=O)[C@]1(N)[C@@H](c2ccc(F)cc2)[C@@H]1S(=O)(=O)CC. The Bertz CT molecular complexity index is 643. The minimum atomic E-state index is -3.52. The fourth-order valence-electron chi connectivity index (χ4n) is 2.68. The molecule has 0 aliphatic heterocycles. The lowest BCUT2D eigenvalue weighted by Crippen LogP contribution is -2.41. The fraction of sp³-hybridized carbons (Fsp3) is 0.500. The molecule has 0 spiro atoms. The van der Waals surface area contributed by atoms with Crippen molar-refractivity contribution in [2.24, 2.45) is 5.73 Å². The number of benzene rings is 1. The third-order valence-electron chi connectivity index (χ3n) is 3.83. The van der Waals surface area contributed by atoms with Crippen LogP contribution in [0.25, 0.3) is 0 Å². The number of hydrogen-bond acceptors (Lipinski definition) is 5. The van der Waals surface area contributed by atoms with Gasteiger partial charge in [0.1, 0.15) is 11.4 Å². The number of esters is 1. The van der Waals surface area contributed by atoms with Crippen molar-refractivity contribution in [3.63, 3.8) is 0 Å². The molecule has 116 valence electrons. The maximum atomic E-state index is 13.0. The van der Waals surface area contributed by atoms with E-state index in [1.54, 1.807) is 6.92 Å². The van der Waals surface area contributed by atoms with Gasteiger partial charge in [-0.05, 0) is 24.6 Å². The van der Waals surface area contributed by atoms with Gasteiger partial charge >= 0.3 is 5.97 Å². The molecule has 1 aromatic carbocycles. The van der Waals surface area contributed by atoms with Gasteiger partial charge < -0.3 is 10.5 Å². The van der Waals surface area contributed by atoms with Gasteiger partial charge in [-0.2, -0.15) is 0 Å². The molecule has 2 N–H and O–H groups in total. The van der Waals surface area contributed by atoms with E-state index in [-0.39, 0.29) is 12.4 Å². The summed E-state index contributed by atoms with van der Waals surface area (Å²) in [5.74, 6) is -2.00. The van der Waals surface area contributed by atoms with Crippen LogP contribution in [0.4, 0.5) is 4.39 Å². The molecule has 1 saturated carbocycles. The zero-order chi connectivity index (χ0) is 15.8. The lowest BCUT2D eigenvalue weighted by Gasteiger charge is -2.10. The highest BCUT2D eigenvalue weighted by atomic mass is 32.2. The number of sulfone groups is 1. The second-order valence-electron chi connectivity index (χ2n) is 5.05. The first-order valence-corrected chi connectivity index (χ1v) is 8.43. The Balaban J connectivity index is 2.42. The Hall–Kier alpha value is -1.47. The minimum absolute atomic E-state index is 0.117. The first-order valence-electron chi connectivity index (χ1n) is 6.72.